The van der Waals surface area contributed by atoms with Gasteiger partial charge in [-0.15, -0.1) is 0 Å². The molecular weight excluding hydrogens is 617 g/mol. The van der Waals surface area contributed by atoms with Crippen molar-refractivity contribution in [1.29, 1.82) is 0 Å². The summed E-state index contributed by atoms with van der Waals surface area (Å²) in [6.45, 7) is 4.70. The Morgan fingerprint density at radius 2 is 1.00 bits per heavy atom. The summed E-state index contributed by atoms with van der Waals surface area (Å²) in [5, 5.41) is 5.02. The first-order valence-corrected chi connectivity index (χ1v) is 17.8. The number of nitrogens with zero attached hydrogens (tertiary/aromatic N) is 2. The summed E-state index contributed by atoms with van der Waals surface area (Å²) in [5.74, 6) is 0. The van der Waals surface area contributed by atoms with Crippen LogP contribution in [0.1, 0.15) is 25.0 Å². The lowest BCUT2D eigenvalue weighted by Gasteiger charge is -2.28. The molecule has 1 aliphatic carbocycles. The molecule has 0 N–H and O–H groups in total. The van der Waals surface area contributed by atoms with Crippen molar-refractivity contribution >= 4 is 49.6 Å². The lowest BCUT2D eigenvalue weighted by molar-refractivity contribution is 0.660. The second-order valence-electron chi connectivity index (χ2n) is 14.2. The fourth-order valence-corrected chi connectivity index (χ4v) is 8.55. The van der Waals surface area contributed by atoms with Crippen molar-refractivity contribution in [3.05, 3.63) is 193 Å². The average molecular weight is 653 g/mol. The molecule has 2 heteroatoms. The summed E-state index contributed by atoms with van der Waals surface area (Å²) in [6.07, 6.45) is 0. The monoisotopic (exact) mass is 652 g/mol. The van der Waals surface area contributed by atoms with Gasteiger partial charge in [0, 0.05) is 44.3 Å². The highest BCUT2D eigenvalue weighted by Gasteiger charge is 2.35. The Balaban J connectivity index is 1.13. The Bertz CT molecular complexity index is 2750. The lowest BCUT2D eigenvalue weighted by atomic mass is 9.82. The van der Waals surface area contributed by atoms with Crippen molar-refractivity contribution in [3.63, 3.8) is 0 Å². The fraction of sp³-hybridized carbons (Fsp3) is 0.0612. The van der Waals surface area contributed by atoms with Gasteiger partial charge in [-0.2, -0.15) is 0 Å². The summed E-state index contributed by atoms with van der Waals surface area (Å²) < 4.78 is 2.42. The van der Waals surface area contributed by atoms with Crippen LogP contribution in [0.15, 0.2) is 182 Å². The molecule has 10 rings (SSSR count). The zero-order chi connectivity index (χ0) is 34.1. The van der Waals surface area contributed by atoms with Crippen LogP contribution in [-0.2, 0) is 5.41 Å². The van der Waals surface area contributed by atoms with Crippen LogP contribution in [0.5, 0.6) is 0 Å². The van der Waals surface area contributed by atoms with E-state index in [0.717, 1.165) is 17.1 Å². The maximum Gasteiger partial charge on any atom is 0.0619 e. The first-order valence-electron chi connectivity index (χ1n) is 17.8. The van der Waals surface area contributed by atoms with Crippen LogP contribution in [0.3, 0.4) is 0 Å². The molecule has 0 atom stereocenters. The minimum atomic E-state index is -0.0719. The highest BCUT2D eigenvalue weighted by Crippen LogP contribution is 2.51. The van der Waals surface area contributed by atoms with Crippen LogP contribution in [0.4, 0.5) is 17.1 Å². The summed E-state index contributed by atoms with van der Waals surface area (Å²) in [6, 6.07) is 66.5. The third-order valence-electron chi connectivity index (χ3n) is 11.0. The highest BCUT2D eigenvalue weighted by molar-refractivity contribution is 6.22. The van der Waals surface area contributed by atoms with Gasteiger partial charge < -0.3 is 9.47 Å². The topological polar surface area (TPSA) is 8.17 Å². The zero-order valence-electron chi connectivity index (χ0n) is 28.7. The third kappa shape index (κ3) is 4.50. The van der Waals surface area contributed by atoms with Gasteiger partial charge in [-0.1, -0.05) is 135 Å². The Morgan fingerprint density at radius 1 is 0.412 bits per heavy atom. The largest absolute Gasteiger partial charge is 0.310 e. The van der Waals surface area contributed by atoms with Crippen molar-refractivity contribution in [3.8, 4) is 27.9 Å². The highest BCUT2D eigenvalue weighted by atomic mass is 15.1. The quantitative estimate of drug-likeness (QED) is 0.180. The van der Waals surface area contributed by atoms with Gasteiger partial charge in [0.05, 0.1) is 11.0 Å². The average Bonchev–Trinajstić information content (AvgIpc) is 3.64. The van der Waals surface area contributed by atoms with Crippen LogP contribution in [0, 0.1) is 0 Å². The van der Waals surface area contributed by atoms with E-state index in [0.29, 0.717) is 0 Å². The van der Waals surface area contributed by atoms with Crippen LogP contribution in [-0.4, -0.2) is 4.57 Å². The molecule has 0 unspecified atom stereocenters. The van der Waals surface area contributed by atoms with Gasteiger partial charge in [0.1, 0.15) is 0 Å². The Kier molecular flexibility index (Phi) is 6.56. The zero-order valence-corrected chi connectivity index (χ0v) is 28.7. The van der Waals surface area contributed by atoms with Gasteiger partial charge in [0.2, 0.25) is 0 Å². The van der Waals surface area contributed by atoms with Crippen molar-refractivity contribution in [2.45, 2.75) is 19.3 Å². The van der Waals surface area contributed by atoms with Crippen molar-refractivity contribution in [2.24, 2.45) is 0 Å². The normalized spacial score (nSPS) is 13.1. The summed E-state index contributed by atoms with van der Waals surface area (Å²) >= 11 is 0. The number of hydrogen-bond donors (Lipinski definition) is 0. The second kappa shape index (κ2) is 11.3. The minimum absolute atomic E-state index is 0.0719. The molecule has 0 aliphatic heterocycles. The number of para-hydroxylation sites is 3. The summed E-state index contributed by atoms with van der Waals surface area (Å²) in [7, 11) is 0. The van der Waals surface area contributed by atoms with Gasteiger partial charge in [-0.25, -0.2) is 0 Å². The van der Waals surface area contributed by atoms with E-state index in [2.05, 4.69) is 205 Å². The third-order valence-corrected chi connectivity index (χ3v) is 11.0. The molecule has 242 valence electrons. The predicted octanol–water partition coefficient (Wildman–Crippen LogP) is 13.4. The van der Waals surface area contributed by atoms with Gasteiger partial charge in [-0.3, -0.25) is 0 Å². The fourth-order valence-electron chi connectivity index (χ4n) is 8.55. The van der Waals surface area contributed by atoms with Crippen molar-refractivity contribution < 1.29 is 0 Å². The van der Waals surface area contributed by atoms with E-state index in [1.165, 1.54) is 71.6 Å². The van der Waals surface area contributed by atoms with Gasteiger partial charge in [0.25, 0.3) is 0 Å². The Hall–Kier alpha value is -6.38. The second-order valence-corrected chi connectivity index (χ2v) is 14.2. The SMILES string of the molecule is CC1(C)c2ccccc2-c2ccc(N(c3ccccc3)c3ccc(-c4cc5c6ccccc6n(-c6ccccc6)c5c5ccccc45)cc3)cc21. The molecule has 1 aromatic heterocycles. The van der Waals surface area contributed by atoms with E-state index in [9.17, 15) is 0 Å². The molecule has 0 radical (unpaired) electrons. The van der Waals surface area contributed by atoms with Gasteiger partial charge in [-0.05, 0) is 99.4 Å². The molecule has 51 heavy (non-hydrogen) atoms. The summed E-state index contributed by atoms with van der Waals surface area (Å²) in [4.78, 5) is 2.39. The molecule has 9 aromatic rings. The molecule has 2 nitrogen and oxygen atoms in total. The Labute approximate surface area is 298 Å². The molecule has 0 spiro atoms. The summed E-state index contributed by atoms with van der Waals surface area (Å²) in [5.41, 5.74) is 14.9. The van der Waals surface area contributed by atoms with Crippen LogP contribution in [0.2, 0.25) is 0 Å². The molecular formula is C49H36N2. The number of aromatic nitrogens is 1. The molecule has 1 heterocycles. The molecule has 1 aliphatic rings. The van der Waals surface area contributed by atoms with Crippen LogP contribution >= 0.6 is 0 Å². The minimum Gasteiger partial charge on any atom is -0.310 e. The maximum atomic E-state index is 2.42. The molecule has 0 fully saturated rings. The van der Waals surface area contributed by atoms with E-state index in [1.54, 1.807) is 0 Å². The van der Waals surface area contributed by atoms with Gasteiger partial charge in [0.15, 0.2) is 0 Å². The van der Waals surface area contributed by atoms with Crippen molar-refractivity contribution in [1.82, 2.24) is 4.57 Å². The van der Waals surface area contributed by atoms with E-state index >= 15 is 0 Å². The number of fused-ring (bicyclic) bond motifs is 8. The van der Waals surface area contributed by atoms with E-state index in [4.69, 9.17) is 0 Å². The Morgan fingerprint density at radius 3 is 1.78 bits per heavy atom. The van der Waals surface area contributed by atoms with E-state index in [-0.39, 0.29) is 5.41 Å². The maximum absolute atomic E-state index is 2.42. The smallest absolute Gasteiger partial charge is 0.0619 e. The van der Waals surface area contributed by atoms with E-state index < -0.39 is 0 Å². The van der Waals surface area contributed by atoms with E-state index in [1.807, 2.05) is 0 Å². The van der Waals surface area contributed by atoms with Crippen molar-refractivity contribution in [2.75, 3.05) is 4.90 Å². The molecule has 0 saturated heterocycles. The van der Waals surface area contributed by atoms with Crippen LogP contribution in [0.25, 0.3) is 60.5 Å². The first-order chi connectivity index (χ1) is 25.1. The first kappa shape index (κ1) is 29.5. The standard InChI is InChI=1S/C49H36N2/c1-49(2)45-23-13-11-20-39(45)40-30-29-37(31-46(40)49)50(34-15-5-3-6-16-34)36-27-25-33(26-28-36)43-32-44-41-21-12-14-24-47(41)51(35-17-7-4-8-18-35)48(44)42-22-10-9-19-38(42)43/h3-32H,1-2H3. The number of anilines is 3. The number of hydrogen-bond acceptors (Lipinski definition) is 1. The van der Waals surface area contributed by atoms with Gasteiger partial charge >= 0.3 is 0 Å². The van der Waals surface area contributed by atoms with Crippen LogP contribution < -0.4 is 4.90 Å². The molecule has 0 amide bonds. The number of rotatable bonds is 5. The lowest BCUT2D eigenvalue weighted by Crippen LogP contribution is -2.16. The molecule has 0 saturated carbocycles. The molecule has 0 bridgehead atoms. The predicted molar refractivity (Wildman–Crippen MR) is 216 cm³/mol. The molecule has 8 aromatic carbocycles. The number of benzene rings is 8.